The van der Waals surface area contributed by atoms with Gasteiger partial charge in [0.15, 0.2) is 0 Å². The molecule has 1 spiro atoms. The molecule has 0 aliphatic carbocycles. The number of nitrogens with zero attached hydrogens (tertiary/aromatic N) is 5. The van der Waals surface area contributed by atoms with E-state index in [1.807, 2.05) is 4.90 Å². The van der Waals surface area contributed by atoms with Crippen molar-refractivity contribution in [2.45, 2.75) is 44.5 Å². The first kappa shape index (κ1) is 31.5. The van der Waals surface area contributed by atoms with E-state index in [1.165, 1.54) is 47.3 Å². The second kappa shape index (κ2) is 12.1. The molecule has 242 valence electrons. The van der Waals surface area contributed by atoms with Gasteiger partial charge in [-0.1, -0.05) is 29.8 Å². The van der Waals surface area contributed by atoms with Crippen LogP contribution in [-0.2, 0) is 4.79 Å². The molecule has 4 aromatic rings. The third-order valence-corrected chi connectivity index (χ3v) is 8.89. The first-order valence-corrected chi connectivity index (χ1v) is 14.9. The molecule has 2 aliphatic heterocycles. The number of hydrogen-bond donors (Lipinski definition) is 3. The maximum absolute atomic E-state index is 14.8. The highest BCUT2D eigenvalue weighted by atomic mass is 35.5. The molecule has 4 heterocycles. The summed E-state index contributed by atoms with van der Waals surface area (Å²) in [6, 6.07) is 10.7. The van der Waals surface area contributed by atoms with Crippen molar-refractivity contribution < 1.29 is 32.2 Å². The maximum atomic E-state index is 14.8. The second-order valence-corrected chi connectivity index (χ2v) is 12.1. The van der Waals surface area contributed by atoms with E-state index in [0.717, 1.165) is 0 Å². The number of rotatable bonds is 7. The van der Waals surface area contributed by atoms with E-state index in [4.69, 9.17) is 22.1 Å². The number of aromatic nitrogens is 4. The molecule has 0 amide bonds. The number of nitrogen functional groups attached to an aromatic ring is 1. The van der Waals surface area contributed by atoms with E-state index in [0.29, 0.717) is 61.5 Å². The minimum Gasteiger partial charge on any atom is -0.480 e. The van der Waals surface area contributed by atoms with Crippen LogP contribution in [0, 0.1) is 18.2 Å². The quantitative estimate of drug-likeness (QED) is 0.213. The SMILES string of the molecule is Cc1ccn(-c2cc(-c3ccc(Cl)c(F)c3)ccc2[C@@H](Oc2cc(N3CCC4(CC3)CNC(C(=O)O)C4)nc(N)n2)C(F)(F)F)n1. The Morgan fingerprint density at radius 3 is 2.48 bits per heavy atom. The van der Waals surface area contributed by atoms with Gasteiger partial charge in [-0.3, -0.25) is 4.79 Å². The summed E-state index contributed by atoms with van der Waals surface area (Å²) < 4.78 is 65.5. The molecule has 2 saturated heterocycles. The van der Waals surface area contributed by atoms with Crippen LogP contribution in [0.15, 0.2) is 54.7 Å². The number of aryl methyl sites for hydroxylation is 1. The van der Waals surface area contributed by atoms with Crippen LogP contribution in [0.2, 0.25) is 5.02 Å². The topological polar surface area (TPSA) is 131 Å². The minimum atomic E-state index is -4.89. The molecule has 2 aliphatic rings. The number of nitrogens with two attached hydrogens (primary N) is 1. The van der Waals surface area contributed by atoms with Crippen LogP contribution in [0.25, 0.3) is 16.8 Å². The lowest BCUT2D eigenvalue weighted by atomic mass is 9.76. The van der Waals surface area contributed by atoms with Gasteiger partial charge in [-0.15, -0.1) is 0 Å². The Bertz CT molecular complexity index is 1780. The number of halogens is 5. The second-order valence-electron chi connectivity index (χ2n) is 11.7. The molecule has 0 saturated carbocycles. The highest BCUT2D eigenvalue weighted by molar-refractivity contribution is 6.30. The maximum Gasteiger partial charge on any atom is 0.429 e. The zero-order chi connectivity index (χ0) is 32.8. The molecule has 2 atom stereocenters. The molecule has 10 nitrogen and oxygen atoms in total. The monoisotopic (exact) mass is 659 g/mol. The summed E-state index contributed by atoms with van der Waals surface area (Å²) >= 11 is 5.83. The van der Waals surface area contributed by atoms with E-state index >= 15 is 0 Å². The molecular formula is C31H30ClF4N7O3. The summed E-state index contributed by atoms with van der Waals surface area (Å²) in [6.45, 7) is 3.28. The average molecular weight is 660 g/mol. The van der Waals surface area contributed by atoms with Crippen LogP contribution in [-0.4, -0.2) is 62.7 Å². The Kier molecular flexibility index (Phi) is 8.27. The first-order chi connectivity index (χ1) is 21.8. The predicted octanol–water partition coefficient (Wildman–Crippen LogP) is 5.73. The number of piperidine rings is 1. The number of carboxylic acid groups (broad SMARTS) is 1. The molecule has 2 aromatic heterocycles. The Hall–Kier alpha value is -4.43. The van der Waals surface area contributed by atoms with Gasteiger partial charge < -0.3 is 25.8 Å². The fourth-order valence-electron chi connectivity index (χ4n) is 6.13. The van der Waals surface area contributed by atoms with Gasteiger partial charge in [0.05, 0.1) is 16.4 Å². The van der Waals surface area contributed by atoms with E-state index < -0.39 is 30.1 Å². The zero-order valence-corrected chi connectivity index (χ0v) is 25.3. The van der Waals surface area contributed by atoms with Crippen molar-refractivity contribution in [3.63, 3.8) is 0 Å². The fraction of sp³-hybridized carbons (Fsp3) is 0.355. The predicted molar refractivity (Wildman–Crippen MR) is 162 cm³/mol. The Balaban J connectivity index is 1.31. The van der Waals surface area contributed by atoms with Crippen molar-refractivity contribution in [1.29, 1.82) is 0 Å². The summed E-state index contributed by atoms with van der Waals surface area (Å²) in [5.41, 5.74) is 7.00. The van der Waals surface area contributed by atoms with Gasteiger partial charge in [0.1, 0.15) is 17.7 Å². The van der Waals surface area contributed by atoms with Gasteiger partial charge >= 0.3 is 12.1 Å². The zero-order valence-electron chi connectivity index (χ0n) is 24.6. The van der Waals surface area contributed by atoms with Crippen molar-refractivity contribution in [2.24, 2.45) is 5.41 Å². The number of ether oxygens (including phenoxy) is 1. The van der Waals surface area contributed by atoms with Crippen LogP contribution in [0.1, 0.15) is 36.6 Å². The molecule has 15 heteroatoms. The van der Waals surface area contributed by atoms with Crippen molar-refractivity contribution in [3.05, 3.63) is 76.8 Å². The lowest BCUT2D eigenvalue weighted by Gasteiger charge is -2.39. The number of benzene rings is 2. The van der Waals surface area contributed by atoms with E-state index in [2.05, 4.69) is 20.4 Å². The number of hydrogen-bond acceptors (Lipinski definition) is 8. The Morgan fingerprint density at radius 2 is 1.85 bits per heavy atom. The number of nitrogens with one attached hydrogen (secondary N) is 1. The highest BCUT2D eigenvalue weighted by Gasteiger charge is 2.46. The van der Waals surface area contributed by atoms with Gasteiger partial charge in [0.25, 0.3) is 0 Å². The largest absolute Gasteiger partial charge is 0.480 e. The lowest BCUT2D eigenvalue weighted by molar-refractivity contribution is -0.198. The van der Waals surface area contributed by atoms with Crippen molar-refractivity contribution >= 4 is 29.3 Å². The molecule has 4 N–H and O–H groups in total. The molecule has 0 bridgehead atoms. The first-order valence-electron chi connectivity index (χ1n) is 14.5. The van der Waals surface area contributed by atoms with Crippen LogP contribution in [0.5, 0.6) is 5.88 Å². The third-order valence-electron chi connectivity index (χ3n) is 8.58. The van der Waals surface area contributed by atoms with Gasteiger partial charge in [-0.2, -0.15) is 28.2 Å². The number of carbonyl (C=O) groups is 1. The molecule has 46 heavy (non-hydrogen) atoms. The summed E-state index contributed by atoms with van der Waals surface area (Å²) in [6.07, 6.45) is -3.99. The fourth-order valence-corrected chi connectivity index (χ4v) is 6.25. The van der Waals surface area contributed by atoms with Crippen LogP contribution in [0.3, 0.4) is 0 Å². The molecule has 0 radical (unpaired) electrons. The standard InChI is InChI=1S/C31H30ClF4N7O3/c1-17-6-9-43(41-17)24-13-19(18-3-5-21(32)22(33)12-18)2-4-20(24)27(31(34,35)36)46-26-14-25(39-29(37)40-26)42-10-7-30(8-11-42)15-23(28(44)45)38-16-30/h2-6,9,12-14,23,27,38H,7-8,10-11,15-16H2,1H3,(H,44,45)(H2,37,39,40)/t23?,27-/m1/s1. The molecule has 2 fully saturated rings. The lowest BCUT2D eigenvalue weighted by Crippen LogP contribution is -2.41. The summed E-state index contributed by atoms with van der Waals surface area (Å²) in [4.78, 5) is 21.5. The van der Waals surface area contributed by atoms with Crippen LogP contribution >= 0.6 is 11.6 Å². The molecule has 6 rings (SSSR count). The van der Waals surface area contributed by atoms with Crippen LogP contribution in [0.4, 0.5) is 29.3 Å². The third kappa shape index (κ3) is 6.44. The smallest absolute Gasteiger partial charge is 0.429 e. The number of carboxylic acids is 1. The van der Waals surface area contributed by atoms with Crippen LogP contribution < -0.4 is 20.7 Å². The molecule has 1 unspecified atom stereocenters. The number of anilines is 2. The van der Waals surface area contributed by atoms with Gasteiger partial charge in [0, 0.05) is 37.5 Å². The highest BCUT2D eigenvalue weighted by Crippen LogP contribution is 2.43. The normalized spacial score (nSPS) is 18.6. The van der Waals surface area contributed by atoms with E-state index in [-0.39, 0.29) is 33.5 Å². The minimum absolute atomic E-state index is 0.0664. The van der Waals surface area contributed by atoms with Gasteiger partial charge in [-0.25, -0.2) is 9.07 Å². The average Bonchev–Trinajstić information content (AvgIpc) is 3.63. The Morgan fingerprint density at radius 1 is 1.13 bits per heavy atom. The van der Waals surface area contributed by atoms with E-state index in [9.17, 15) is 27.5 Å². The van der Waals surface area contributed by atoms with E-state index in [1.54, 1.807) is 19.1 Å². The summed E-state index contributed by atoms with van der Waals surface area (Å²) in [5, 5.41) is 16.7. The number of aliphatic carboxylic acids is 1. The van der Waals surface area contributed by atoms with Gasteiger partial charge in [0.2, 0.25) is 17.9 Å². The number of alkyl halides is 3. The van der Waals surface area contributed by atoms with Crippen molar-refractivity contribution in [2.75, 3.05) is 30.3 Å². The summed E-state index contributed by atoms with van der Waals surface area (Å²) in [5.74, 6) is -1.87. The van der Waals surface area contributed by atoms with Gasteiger partial charge in [-0.05, 0) is 67.0 Å². The summed E-state index contributed by atoms with van der Waals surface area (Å²) in [7, 11) is 0. The van der Waals surface area contributed by atoms with Crippen molar-refractivity contribution in [1.82, 2.24) is 25.1 Å². The Labute approximate surface area is 266 Å². The molecular weight excluding hydrogens is 630 g/mol. The molecule has 2 aromatic carbocycles. The van der Waals surface area contributed by atoms with Crippen molar-refractivity contribution in [3.8, 4) is 22.7 Å².